The summed E-state index contributed by atoms with van der Waals surface area (Å²) in [7, 11) is 1.41. The van der Waals surface area contributed by atoms with Crippen LogP contribution in [0.5, 0.6) is 11.5 Å². The number of halogens is 2. The van der Waals surface area contributed by atoms with Crippen molar-refractivity contribution in [2.24, 2.45) is 0 Å². The van der Waals surface area contributed by atoms with Gasteiger partial charge >= 0.3 is 6.61 Å². The Morgan fingerprint density at radius 2 is 1.79 bits per heavy atom. The predicted molar refractivity (Wildman–Crippen MR) is 86.2 cm³/mol. The first-order chi connectivity index (χ1) is 11.6. The molecule has 126 valence electrons. The van der Waals surface area contributed by atoms with Crippen molar-refractivity contribution in [2.45, 2.75) is 19.6 Å². The molecule has 0 spiro atoms. The normalized spacial score (nSPS) is 10.5. The van der Waals surface area contributed by atoms with Crippen LogP contribution in [-0.4, -0.2) is 20.3 Å². The van der Waals surface area contributed by atoms with Crippen LogP contribution in [0.2, 0.25) is 0 Å². The second kappa shape index (κ2) is 8.85. The van der Waals surface area contributed by atoms with E-state index in [1.54, 1.807) is 24.3 Å². The van der Waals surface area contributed by atoms with Crippen molar-refractivity contribution >= 4 is 0 Å². The number of nitriles is 1. The molecule has 0 radical (unpaired) electrons. The Hall–Kier alpha value is -2.65. The fourth-order valence-electron chi connectivity index (χ4n) is 2.23. The Bertz CT molecular complexity index is 697. The van der Waals surface area contributed by atoms with E-state index in [1.165, 1.54) is 7.11 Å². The van der Waals surface area contributed by atoms with Gasteiger partial charge in [0.1, 0.15) is 0 Å². The maximum absolute atomic E-state index is 12.4. The van der Waals surface area contributed by atoms with Gasteiger partial charge in [-0.05, 0) is 48.4 Å². The van der Waals surface area contributed by atoms with E-state index in [2.05, 4.69) is 16.1 Å². The molecule has 0 bridgehead atoms. The summed E-state index contributed by atoms with van der Waals surface area (Å²) >= 11 is 0. The molecule has 2 aromatic rings. The summed E-state index contributed by atoms with van der Waals surface area (Å²) in [6.07, 6.45) is 0.667. The fourth-order valence-corrected chi connectivity index (χ4v) is 2.23. The van der Waals surface area contributed by atoms with E-state index in [0.717, 1.165) is 11.1 Å². The van der Waals surface area contributed by atoms with Crippen molar-refractivity contribution in [2.75, 3.05) is 13.7 Å². The number of alkyl halides is 2. The summed E-state index contributed by atoms with van der Waals surface area (Å²) in [5, 5.41) is 12.0. The van der Waals surface area contributed by atoms with Crippen LogP contribution in [0.3, 0.4) is 0 Å². The monoisotopic (exact) mass is 332 g/mol. The average molecular weight is 332 g/mol. The van der Waals surface area contributed by atoms with Gasteiger partial charge in [0.25, 0.3) is 0 Å². The Morgan fingerprint density at radius 1 is 1.08 bits per heavy atom. The lowest BCUT2D eigenvalue weighted by Crippen LogP contribution is -2.16. The summed E-state index contributed by atoms with van der Waals surface area (Å²) in [4.78, 5) is 0. The molecule has 2 rings (SSSR count). The molecule has 0 saturated carbocycles. The maximum atomic E-state index is 12.4. The van der Waals surface area contributed by atoms with Crippen molar-refractivity contribution in [1.82, 2.24) is 5.32 Å². The minimum atomic E-state index is -2.89. The largest absolute Gasteiger partial charge is 0.493 e. The number of hydrogen-bond acceptors (Lipinski definition) is 4. The highest BCUT2D eigenvalue weighted by Crippen LogP contribution is 2.29. The first-order valence-electron chi connectivity index (χ1n) is 7.44. The molecule has 0 amide bonds. The van der Waals surface area contributed by atoms with Gasteiger partial charge in [0, 0.05) is 6.54 Å². The molecule has 2 aromatic carbocycles. The third kappa shape index (κ3) is 5.21. The highest BCUT2D eigenvalue weighted by atomic mass is 19.3. The molecule has 6 heteroatoms. The van der Waals surface area contributed by atoms with Gasteiger partial charge in [-0.1, -0.05) is 18.2 Å². The van der Waals surface area contributed by atoms with Crippen molar-refractivity contribution in [1.29, 1.82) is 5.26 Å². The zero-order valence-corrected chi connectivity index (χ0v) is 13.3. The second-order valence-electron chi connectivity index (χ2n) is 5.10. The standard InChI is InChI=1S/C18H18F2N2O2/c1-23-16-7-6-13(10-17(16)24-18(19)20)8-9-22-12-15-4-2-14(11-21)3-5-15/h2-7,10,18,22H,8-9,12H2,1H3. The quantitative estimate of drug-likeness (QED) is 0.752. The van der Waals surface area contributed by atoms with Gasteiger partial charge in [0.2, 0.25) is 0 Å². The van der Waals surface area contributed by atoms with Crippen LogP contribution in [0.15, 0.2) is 42.5 Å². The Morgan fingerprint density at radius 3 is 2.42 bits per heavy atom. The molecule has 4 nitrogen and oxygen atoms in total. The zero-order valence-electron chi connectivity index (χ0n) is 13.3. The Balaban J connectivity index is 1.86. The van der Waals surface area contributed by atoms with E-state index in [-0.39, 0.29) is 11.5 Å². The summed E-state index contributed by atoms with van der Waals surface area (Å²) in [6.45, 7) is -1.54. The molecular weight excluding hydrogens is 314 g/mol. The molecular formula is C18H18F2N2O2. The Kier molecular flexibility index (Phi) is 6.52. The van der Waals surface area contributed by atoms with Gasteiger partial charge in [-0.3, -0.25) is 0 Å². The molecule has 0 aliphatic carbocycles. The zero-order chi connectivity index (χ0) is 17.4. The predicted octanol–water partition coefficient (Wildman–Crippen LogP) is 3.50. The fraction of sp³-hybridized carbons (Fsp3) is 0.278. The summed E-state index contributed by atoms with van der Waals surface area (Å²) in [6, 6.07) is 14.4. The first kappa shape index (κ1) is 17.7. The molecule has 0 saturated heterocycles. The lowest BCUT2D eigenvalue weighted by molar-refractivity contribution is -0.0512. The molecule has 0 aliphatic heterocycles. The number of nitrogens with one attached hydrogen (secondary N) is 1. The highest BCUT2D eigenvalue weighted by molar-refractivity contribution is 5.43. The van der Waals surface area contributed by atoms with E-state index >= 15 is 0 Å². The molecule has 1 N–H and O–H groups in total. The van der Waals surface area contributed by atoms with Gasteiger partial charge < -0.3 is 14.8 Å². The van der Waals surface area contributed by atoms with E-state index < -0.39 is 6.61 Å². The van der Waals surface area contributed by atoms with Crippen LogP contribution in [-0.2, 0) is 13.0 Å². The molecule has 0 aliphatic rings. The topological polar surface area (TPSA) is 54.3 Å². The minimum Gasteiger partial charge on any atom is -0.493 e. The van der Waals surface area contributed by atoms with Crippen LogP contribution >= 0.6 is 0 Å². The smallest absolute Gasteiger partial charge is 0.387 e. The first-order valence-corrected chi connectivity index (χ1v) is 7.44. The van der Waals surface area contributed by atoms with Crippen LogP contribution in [0.25, 0.3) is 0 Å². The number of ether oxygens (including phenoxy) is 2. The molecule has 0 aromatic heterocycles. The summed E-state index contributed by atoms with van der Waals surface area (Å²) < 4.78 is 34.3. The lowest BCUT2D eigenvalue weighted by Gasteiger charge is -2.12. The molecule has 0 fully saturated rings. The maximum Gasteiger partial charge on any atom is 0.387 e. The molecule has 0 atom stereocenters. The highest BCUT2D eigenvalue weighted by Gasteiger charge is 2.11. The van der Waals surface area contributed by atoms with Gasteiger partial charge in [-0.15, -0.1) is 0 Å². The number of methoxy groups -OCH3 is 1. The summed E-state index contributed by atoms with van der Waals surface area (Å²) in [5.74, 6) is 0.321. The van der Waals surface area contributed by atoms with Gasteiger partial charge in [-0.2, -0.15) is 14.0 Å². The number of nitrogens with zero attached hydrogens (tertiary/aromatic N) is 1. The van der Waals surface area contributed by atoms with Crippen LogP contribution < -0.4 is 14.8 Å². The van der Waals surface area contributed by atoms with Gasteiger partial charge in [0.15, 0.2) is 11.5 Å². The Labute approximate surface area is 139 Å². The van der Waals surface area contributed by atoms with Crippen molar-refractivity contribution in [3.63, 3.8) is 0 Å². The van der Waals surface area contributed by atoms with E-state index in [0.29, 0.717) is 25.1 Å². The van der Waals surface area contributed by atoms with Crippen molar-refractivity contribution in [3.8, 4) is 17.6 Å². The molecule has 24 heavy (non-hydrogen) atoms. The third-order valence-corrected chi connectivity index (χ3v) is 3.45. The lowest BCUT2D eigenvalue weighted by atomic mass is 10.1. The van der Waals surface area contributed by atoms with Gasteiger partial charge in [-0.25, -0.2) is 0 Å². The van der Waals surface area contributed by atoms with Gasteiger partial charge in [0.05, 0.1) is 18.7 Å². The van der Waals surface area contributed by atoms with E-state index in [9.17, 15) is 8.78 Å². The van der Waals surface area contributed by atoms with Crippen LogP contribution in [0.1, 0.15) is 16.7 Å². The van der Waals surface area contributed by atoms with Crippen LogP contribution in [0.4, 0.5) is 8.78 Å². The van der Waals surface area contributed by atoms with Crippen LogP contribution in [0, 0.1) is 11.3 Å². The number of benzene rings is 2. The number of hydrogen-bond donors (Lipinski definition) is 1. The molecule has 0 heterocycles. The van der Waals surface area contributed by atoms with E-state index in [1.807, 2.05) is 18.2 Å². The van der Waals surface area contributed by atoms with E-state index in [4.69, 9.17) is 10.00 Å². The summed E-state index contributed by atoms with van der Waals surface area (Å²) in [5.41, 5.74) is 2.58. The molecule has 0 unspecified atom stereocenters. The SMILES string of the molecule is COc1ccc(CCNCc2ccc(C#N)cc2)cc1OC(F)F. The second-order valence-corrected chi connectivity index (χ2v) is 5.10. The van der Waals surface area contributed by atoms with Crippen molar-refractivity contribution in [3.05, 3.63) is 59.2 Å². The number of rotatable bonds is 8. The minimum absolute atomic E-state index is 0.0390. The third-order valence-electron chi connectivity index (χ3n) is 3.45. The van der Waals surface area contributed by atoms with Crippen molar-refractivity contribution < 1.29 is 18.3 Å². The average Bonchev–Trinajstić information content (AvgIpc) is 2.59.